The van der Waals surface area contributed by atoms with E-state index >= 15 is 0 Å². The van der Waals surface area contributed by atoms with Crippen LogP contribution in [0.1, 0.15) is 6.92 Å². The average molecular weight is 381 g/mol. The molecule has 0 saturated carbocycles. The van der Waals surface area contributed by atoms with Crippen molar-refractivity contribution in [2.75, 3.05) is 32.4 Å². The third-order valence-corrected chi connectivity index (χ3v) is 5.40. The van der Waals surface area contributed by atoms with Crippen molar-refractivity contribution in [3.63, 3.8) is 0 Å². The van der Waals surface area contributed by atoms with Crippen LogP contribution in [0.5, 0.6) is 5.75 Å². The summed E-state index contributed by atoms with van der Waals surface area (Å²) in [5, 5.41) is 0.817. The molecule has 0 radical (unpaired) electrons. The molecule has 1 aliphatic heterocycles. The van der Waals surface area contributed by atoms with Crippen LogP contribution in [0.3, 0.4) is 0 Å². The van der Waals surface area contributed by atoms with E-state index in [0.717, 1.165) is 0 Å². The highest BCUT2D eigenvalue weighted by molar-refractivity contribution is 7.88. The number of piperazine rings is 1. The number of amides is 1. The van der Waals surface area contributed by atoms with Gasteiger partial charge in [0.25, 0.3) is 5.91 Å². The Morgan fingerprint density at radius 1 is 1.22 bits per heavy atom. The summed E-state index contributed by atoms with van der Waals surface area (Å²) in [5.41, 5.74) is 0. The first kappa shape index (κ1) is 18.3. The third-order valence-electron chi connectivity index (χ3n) is 3.56. The second-order valence-corrected chi connectivity index (χ2v) is 8.15. The van der Waals surface area contributed by atoms with Gasteiger partial charge in [-0.3, -0.25) is 4.79 Å². The van der Waals surface area contributed by atoms with Gasteiger partial charge in [-0.1, -0.05) is 23.2 Å². The van der Waals surface area contributed by atoms with Crippen molar-refractivity contribution in [3.8, 4) is 5.75 Å². The summed E-state index contributed by atoms with van der Waals surface area (Å²) in [5.74, 6) is 0.177. The lowest BCUT2D eigenvalue weighted by atomic mass is 10.2. The number of carbonyl (C=O) groups excluding carboxylic acids is 1. The summed E-state index contributed by atoms with van der Waals surface area (Å²) in [6.45, 7) is 2.90. The van der Waals surface area contributed by atoms with Crippen LogP contribution in [0.15, 0.2) is 18.2 Å². The van der Waals surface area contributed by atoms with E-state index in [0.29, 0.717) is 42.0 Å². The highest BCUT2D eigenvalue weighted by Gasteiger charge is 2.29. The Hall–Kier alpha value is -1.02. The van der Waals surface area contributed by atoms with Crippen LogP contribution in [0, 0.1) is 0 Å². The Morgan fingerprint density at radius 3 is 2.35 bits per heavy atom. The van der Waals surface area contributed by atoms with E-state index in [1.54, 1.807) is 30.0 Å². The van der Waals surface area contributed by atoms with Gasteiger partial charge in [0.05, 0.1) is 11.3 Å². The largest absolute Gasteiger partial charge is 0.479 e. The van der Waals surface area contributed by atoms with Crippen LogP contribution >= 0.6 is 23.2 Å². The van der Waals surface area contributed by atoms with Crippen molar-refractivity contribution in [1.29, 1.82) is 0 Å². The van der Waals surface area contributed by atoms with E-state index in [4.69, 9.17) is 27.9 Å². The predicted molar refractivity (Wildman–Crippen MR) is 89.5 cm³/mol. The van der Waals surface area contributed by atoms with Crippen LogP contribution in [-0.2, 0) is 14.8 Å². The Morgan fingerprint density at radius 2 is 1.83 bits per heavy atom. The first-order valence-electron chi connectivity index (χ1n) is 7.04. The maximum absolute atomic E-state index is 12.4. The molecule has 0 spiro atoms. The van der Waals surface area contributed by atoms with Crippen LogP contribution < -0.4 is 4.74 Å². The molecule has 2 rings (SSSR count). The van der Waals surface area contributed by atoms with E-state index in [-0.39, 0.29) is 5.91 Å². The fraction of sp³-hybridized carbons (Fsp3) is 0.500. The minimum Gasteiger partial charge on any atom is -0.479 e. The molecule has 0 bridgehead atoms. The van der Waals surface area contributed by atoms with Crippen LogP contribution in [0.4, 0.5) is 0 Å². The first-order chi connectivity index (χ1) is 10.7. The van der Waals surface area contributed by atoms with E-state index < -0.39 is 16.1 Å². The van der Waals surface area contributed by atoms with Gasteiger partial charge >= 0.3 is 0 Å². The Balaban J connectivity index is 1.95. The summed E-state index contributed by atoms with van der Waals surface area (Å²) in [6, 6.07) is 4.78. The molecule has 6 nitrogen and oxygen atoms in total. The van der Waals surface area contributed by atoms with Crippen molar-refractivity contribution in [2.24, 2.45) is 0 Å². The minimum atomic E-state index is -3.22. The van der Waals surface area contributed by atoms with Gasteiger partial charge in [0, 0.05) is 31.2 Å². The summed E-state index contributed by atoms with van der Waals surface area (Å²) in [7, 11) is -3.22. The number of ether oxygens (including phenoxy) is 1. The highest BCUT2D eigenvalue weighted by atomic mass is 35.5. The summed E-state index contributed by atoms with van der Waals surface area (Å²) < 4.78 is 29.9. The van der Waals surface area contributed by atoms with E-state index in [9.17, 15) is 13.2 Å². The quantitative estimate of drug-likeness (QED) is 0.799. The molecule has 0 N–H and O–H groups in total. The number of nitrogens with zero attached hydrogens (tertiary/aromatic N) is 2. The molecule has 1 saturated heterocycles. The SMILES string of the molecule is CC(Oc1ccc(Cl)cc1Cl)C(=O)N1CCN(S(C)(=O)=O)CC1. The minimum absolute atomic E-state index is 0.204. The van der Waals surface area contributed by atoms with Crippen molar-refractivity contribution in [1.82, 2.24) is 9.21 Å². The molecule has 23 heavy (non-hydrogen) atoms. The van der Waals surface area contributed by atoms with Gasteiger partial charge in [-0.25, -0.2) is 8.42 Å². The topological polar surface area (TPSA) is 66.9 Å². The molecule has 1 aromatic carbocycles. The van der Waals surface area contributed by atoms with E-state index in [1.807, 2.05) is 0 Å². The lowest BCUT2D eigenvalue weighted by Gasteiger charge is -2.34. The van der Waals surface area contributed by atoms with Crippen molar-refractivity contribution in [3.05, 3.63) is 28.2 Å². The second kappa shape index (κ2) is 7.25. The van der Waals surface area contributed by atoms with Gasteiger partial charge in [-0.15, -0.1) is 0 Å². The fourth-order valence-electron chi connectivity index (χ4n) is 2.31. The molecule has 128 valence electrons. The van der Waals surface area contributed by atoms with Crippen LogP contribution in [-0.4, -0.2) is 62.1 Å². The van der Waals surface area contributed by atoms with Gasteiger partial charge in [-0.2, -0.15) is 4.31 Å². The van der Waals surface area contributed by atoms with Crippen molar-refractivity contribution in [2.45, 2.75) is 13.0 Å². The van der Waals surface area contributed by atoms with Gasteiger partial charge in [0.15, 0.2) is 6.10 Å². The Kier molecular flexibility index (Phi) is 5.78. The molecule has 1 unspecified atom stereocenters. The number of rotatable bonds is 4. The zero-order chi connectivity index (χ0) is 17.2. The smallest absolute Gasteiger partial charge is 0.263 e. The number of hydrogen-bond donors (Lipinski definition) is 0. The number of halogens is 2. The van der Waals surface area contributed by atoms with Crippen molar-refractivity contribution >= 4 is 39.1 Å². The normalized spacial score (nSPS) is 17.8. The van der Waals surface area contributed by atoms with Crippen molar-refractivity contribution < 1.29 is 17.9 Å². The second-order valence-electron chi connectivity index (χ2n) is 5.32. The molecule has 1 heterocycles. The van der Waals surface area contributed by atoms with E-state index in [2.05, 4.69) is 0 Å². The standard InChI is InChI=1S/C14H18Cl2N2O4S/c1-10(22-13-4-3-11(15)9-12(13)16)14(19)17-5-7-18(8-6-17)23(2,20)21/h3-4,9-10H,5-8H2,1-2H3. The predicted octanol–water partition coefficient (Wildman–Crippen LogP) is 1.86. The molecule has 1 atom stereocenters. The maximum Gasteiger partial charge on any atom is 0.263 e. The molecule has 0 aliphatic carbocycles. The lowest BCUT2D eigenvalue weighted by Crippen LogP contribution is -2.53. The Labute approximate surface area is 146 Å². The first-order valence-corrected chi connectivity index (χ1v) is 9.64. The molecular formula is C14H18Cl2N2O4S. The molecule has 0 aromatic heterocycles. The monoisotopic (exact) mass is 380 g/mol. The molecule has 1 aromatic rings. The maximum atomic E-state index is 12.4. The van der Waals surface area contributed by atoms with Gasteiger partial charge in [-0.05, 0) is 25.1 Å². The number of hydrogen-bond acceptors (Lipinski definition) is 4. The fourth-order valence-corrected chi connectivity index (χ4v) is 3.59. The zero-order valence-corrected chi connectivity index (χ0v) is 15.2. The van der Waals surface area contributed by atoms with E-state index in [1.165, 1.54) is 10.6 Å². The Bertz CT molecular complexity index is 688. The summed E-state index contributed by atoms with van der Waals surface area (Å²) >= 11 is 11.8. The molecule has 9 heteroatoms. The average Bonchev–Trinajstić information content (AvgIpc) is 2.48. The summed E-state index contributed by atoms with van der Waals surface area (Å²) in [4.78, 5) is 14.0. The lowest BCUT2D eigenvalue weighted by molar-refractivity contribution is -0.139. The molecule has 1 amide bonds. The summed E-state index contributed by atoms with van der Waals surface area (Å²) in [6.07, 6.45) is 0.442. The van der Waals surface area contributed by atoms with Crippen LogP contribution in [0.25, 0.3) is 0 Å². The third kappa shape index (κ3) is 4.73. The van der Waals surface area contributed by atoms with Gasteiger partial charge in [0.1, 0.15) is 5.75 Å². The number of carbonyl (C=O) groups is 1. The van der Waals surface area contributed by atoms with Gasteiger partial charge < -0.3 is 9.64 Å². The van der Waals surface area contributed by atoms with Gasteiger partial charge in [0.2, 0.25) is 10.0 Å². The molecular weight excluding hydrogens is 363 g/mol. The zero-order valence-electron chi connectivity index (χ0n) is 12.8. The molecule has 1 aliphatic rings. The van der Waals surface area contributed by atoms with Crippen LogP contribution in [0.2, 0.25) is 10.0 Å². The number of sulfonamides is 1. The number of benzene rings is 1. The highest BCUT2D eigenvalue weighted by Crippen LogP contribution is 2.28. The molecule has 1 fully saturated rings.